The van der Waals surface area contributed by atoms with Gasteiger partial charge in [0, 0.05) is 28.5 Å². The summed E-state index contributed by atoms with van der Waals surface area (Å²) < 4.78 is 14.2. The van der Waals surface area contributed by atoms with Gasteiger partial charge in [0.2, 0.25) is 5.75 Å². The first kappa shape index (κ1) is 19.9. The monoisotopic (exact) mass is 437 g/mol. The molecule has 0 bridgehead atoms. The number of halogens is 1. The molecule has 1 saturated heterocycles. The SMILES string of the molecule is CC(Oc1c(N)ncc2c(-c3cnn(C4CCNCC4)c3)coc12)c1ccc(Cl)cc1. The van der Waals surface area contributed by atoms with E-state index in [0.717, 1.165) is 48.0 Å². The molecule has 3 N–H and O–H groups in total. The zero-order chi connectivity index (χ0) is 21.4. The van der Waals surface area contributed by atoms with Gasteiger partial charge < -0.3 is 20.2 Å². The number of nitrogen functional groups attached to an aromatic ring is 1. The number of ether oxygens (including phenoxy) is 1. The van der Waals surface area contributed by atoms with Gasteiger partial charge in [-0.3, -0.25) is 4.68 Å². The van der Waals surface area contributed by atoms with E-state index >= 15 is 0 Å². The molecule has 1 unspecified atom stereocenters. The van der Waals surface area contributed by atoms with E-state index in [1.165, 1.54) is 0 Å². The molecule has 160 valence electrons. The second kappa shape index (κ2) is 8.24. The number of hydrogen-bond donors (Lipinski definition) is 2. The molecule has 0 radical (unpaired) electrons. The van der Waals surface area contributed by atoms with Gasteiger partial charge in [0.25, 0.3) is 0 Å². The summed E-state index contributed by atoms with van der Waals surface area (Å²) in [6.45, 7) is 3.99. The van der Waals surface area contributed by atoms with Crippen molar-refractivity contribution in [2.75, 3.05) is 18.8 Å². The Bertz CT molecular complexity index is 1190. The fourth-order valence-electron chi connectivity index (χ4n) is 4.04. The second-order valence-corrected chi connectivity index (χ2v) is 8.30. The predicted octanol–water partition coefficient (Wildman–Crippen LogP) is 4.99. The quantitative estimate of drug-likeness (QED) is 0.457. The van der Waals surface area contributed by atoms with E-state index < -0.39 is 0 Å². The molecule has 1 aromatic carbocycles. The van der Waals surface area contributed by atoms with E-state index in [4.69, 9.17) is 26.5 Å². The first-order valence-electron chi connectivity index (χ1n) is 10.4. The predicted molar refractivity (Wildman–Crippen MR) is 121 cm³/mol. The maximum atomic E-state index is 6.18. The molecule has 1 fully saturated rings. The van der Waals surface area contributed by atoms with Gasteiger partial charge in [-0.1, -0.05) is 23.7 Å². The summed E-state index contributed by atoms with van der Waals surface area (Å²) in [5.74, 6) is 0.733. The van der Waals surface area contributed by atoms with Crippen LogP contribution in [-0.4, -0.2) is 27.9 Å². The van der Waals surface area contributed by atoms with Crippen molar-refractivity contribution in [3.63, 3.8) is 0 Å². The molecule has 0 amide bonds. The van der Waals surface area contributed by atoms with Crippen molar-refractivity contribution in [3.8, 4) is 16.9 Å². The highest BCUT2D eigenvalue weighted by Gasteiger charge is 2.21. The number of benzene rings is 1. The number of nitrogens with zero attached hydrogens (tertiary/aromatic N) is 3. The summed E-state index contributed by atoms with van der Waals surface area (Å²) in [4.78, 5) is 4.36. The Morgan fingerprint density at radius 3 is 2.77 bits per heavy atom. The zero-order valence-electron chi connectivity index (χ0n) is 17.2. The lowest BCUT2D eigenvalue weighted by atomic mass is 10.1. The van der Waals surface area contributed by atoms with Crippen molar-refractivity contribution < 1.29 is 9.15 Å². The summed E-state index contributed by atoms with van der Waals surface area (Å²) in [6, 6.07) is 7.95. The molecule has 1 atom stereocenters. The number of rotatable bonds is 5. The maximum Gasteiger partial charge on any atom is 0.205 e. The molecular weight excluding hydrogens is 414 g/mol. The average molecular weight is 438 g/mol. The highest BCUT2D eigenvalue weighted by molar-refractivity contribution is 6.30. The number of furan rings is 1. The zero-order valence-corrected chi connectivity index (χ0v) is 18.0. The number of hydrogen-bond acceptors (Lipinski definition) is 6. The highest BCUT2D eigenvalue weighted by atomic mass is 35.5. The fraction of sp³-hybridized carbons (Fsp3) is 0.304. The number of nitrogens with two attached hydrogens (primary N) is 1. The summed E-state index contributed by atoms with van der Waals surface area (Å²) in [7, 11) is 0. The van der Waals surface area contributed by atoms with E-state index in [1.807, 2.05) is 37.4 Å². The number of anilines is 1. The summed E-state index contributed by atoms with van der Waals surface area (Å²) in [6.07, 6.45) is 9.30. The van der Waals surface area contributed by atoms with E-state index in [1.54, 1.807) is 12.5 Å². The normalized spacial score (nSPS) is 15.9. The van der Waals surface area contributed by atoms with Crippen LogP contribution < -0.4 is 15.8 Å². The first-order valence-corrected chi connectivity index (χ1v) is 10.8. The topological polar surface area (TPSA) is 91.1 Å². The maximum absolute atomic E-state index is 6.18. The number of fused-ring (bicyclic) bond motifs is 1. The van der Waals surface area contributed by atoms with Gasteiger partial charge in [-0.05, 0) is 50.6 Å². The Labute approximate surface area is 185 Å². The van der Waals surface area contributed by atoms with Crippen molar-refractivity contribution >= 4 is 28.4 Å². The van der Waals surface area contributed by atoms with Crippen LogP contribution in [0, 0.1) is 0 Å². The summed E-state index contributed by atoms with van der Waals surface area (Å²) in [5.41, 5.74) is 9.62. The minimum absolute atomic E-state index is 0.247. The minimum Gasteiger partial charge on any atom is -0.479 e. The molecule has 0 saturated carbocycles. The molecule has 0 spiro atoms. The van der Waals surface area contributed by atoms with Crippen LogP contribution in [0.3, 0.4) is 0 Å². The average Bonchev–Trinajstić information content (AvgIpc) is 3.44. The Hall–Kier alpha value is -3.03. The number of piperidine rings is 1. The minimum atomic E-state index is -0.247. The molecule has 7 nitrogen and oxygen atoms in total. The standard InChI is InChI=1S/C23H24ClN5O2/c1-14(15-2-4-17(24)5-3-15)31-22-21-19(11-27-23(22)25)20(13-30-21)16-10-28-29(12-16)18-6-8-26-9-7-18/h2-5,10-14,18,26H,6-9H2,1H3,(H2,25,27). The van der Waals surface area contributed by atoms with Crippen LogP contribution in [0.1, 0.15) is 37.5 Å². The van der Waals surface area contributed by atoms with Gasteiger partial charge in [-0.25, -0.2) is 4.98 Å². The van der Waals surface area contributed by atoms with Crippen molar-refractivity contribution in [2.24, 2.45) is 0 Å². The Morgan fingerprint density at radius 1 is 1.23 bits per heavy atom. The van der Waals surface area contributed by atoms with E-state index in [-0.39, 0.29) is 6.10 Å². The first-order chi connectivity index (χ1) is 15.1. The molecule has 0 aliphatic carbocycles. The van der Waals surface area contributed by atoms with Crippen molar-refractivity contribution in [1.29, 1.82) is 0 Å². The fourth-order valence-corrected chi connectivity index (χ4v) is 4.17. The van der Waals surface area contributed by atoms with Crippen LogP contribution in [0.5, 0.6) is 5.75 Å². The smallest absolute Gasteiger partial charge is 0.205 e. The molecule has 31 heavy (non-hydrogen) atoms. The molecular formula is C23H24ClN5O2. The van der Waals surface area contributed by atoms with Gasteiger partial charge >= 0.3 is 0 Å². The lowest BCUT2D eigenvalue weighted by Gasteiger charge is -2.22. The molecule has 8 heteroatoms. The van der Waals surface area contributed by atoms with Crippen LogP contribution in [0.4, 0.5) is 5.82 Å². The van der Waals surface area contributed by atoms with Gasteiger partial charge in [-0.2, -0.15) is 5.10 Å². The highest BCUT2D eigenvalue weighted by Crippen LogP contribution is 2.39. The summed E-state index contributed by atoms with van der Waals surface area (Å²) in [5, 5.41) is 9.51. The van der Waals surface area contributed by atoms with E-state index in [2.05, 4.69) is 26.3 Å². The lowest BCUT2D eigenvalue weighted by molar-refractivity contribution is 0.227. The van der Waals surface area contributed by atoms with Gasteiger partial charge in [-0.15, -0.1) is 0 Å². The molecule has 1 aliphatic rings. The van der Waals surface area contributed by atoms with Gasteiger partial charge in [0.1, 0.15) is 12.4 Å². The summed E-state index contributed by atoms with van der Waals surface area (Å²) >= 11 is 6.00. The number of aromatic nitrogens is 3. The number of nitrogens with one attached hydrogen (secondary N) is 1. The van der Waals surface area contributed by atoms with E-state index in [9.17, 15) is 0 Å². The van der Waals surface area contributed by atoms with Crippen LogP contribution in [0.15, 0.2) is 53.5 Å². The third-order valence-corrected chi connectivity index (χ3v) is 6.08. The molecule has 3 aromatic heterocycles. The van der Waals surface area contributed by atoms with Crippen molar-refractivity contribution in [2.45, 2.75) is 31.9 Å². The van der Waals surface area contributed by atoms with Crippen molar-refractivity contribution in [1.82, 2.24) is 20.1 Å². The second-order valence-electron chi connectivity index (χ2n) is 7.87. The van der Waals surface area contributed by atoms with Crippen molar-refractivity contribution in [3.05, 3.63) is 59.7 Å². The Balaban J connectivity index is 1.46. The van der Waals surface area contributed by atoms with E-state index in [0.29, 0.717) is 28.2 Å². The molecule has 4 heterocycles. The van der Waals surface area contributed by atoms with Gasteiger partial charge in [0.15, 0.2) is 11.4 Å². The Kier molecular flexibility index (Phi) is 5.29. The molecule has 1 aliphatic heterocycles. The van der Waals surface area contributed by atoms with Crippen LogP contribution in [0.2, 0.25) is 5.02 Å². The van der Waals surface area contributed by atoms with Gasteiger partial charge in [0.05, 0.1) is 17.6 Å². The van der Waals surface area contributed by atoms with Crippen LogP contribution >= 0.6 is 11.6 Å². The lowest BCUT2D eigenvalue weighted by Crippen LogP contribution is -2.29. The third kappa shape index (κ3) is 3.86. The third-order valence-electron chi connectivity index (χ3n) is 5.83. The largest absolute Gasteiger partial charge is 0.479 e. The molecule has 4 aromatic rings. The van der Waals surface area contributed by atoms with Crippen LogP contribution in [0.25, 0.3) is 22.1 Å². The number of pyridine rings is 1. The molecule has 5 rings (SSSR count). The Morgan fingerprint density at radius 2 is 2.00 bits per heavy atom. The van der Waals surface area contributed by atoms with Crippen LogP contribution in [-0.2, 0) is 0 Å².